The molecule has 0 aliphatic rings. The largest absolute Gasteiger partial charge is 0.323 e. The first-order valence-corrected chi connectivity index (χ1v) is 9.75. The molecule has 0 bridgehead atoms. The lowest BCUT2D eigenvalue weighted by Gasteiger charge is -2.13. The van der Waals surface area contributed by atoms with Crippen LogP contribution in [0.1, 0.15) is 19.8 Å². The summed E-state index contributed by atoms with van der Waals surface area (Å²) in [6.07, 6.45) is 1.78. The van der Waals surface area contributed by atoms with Gasteiger partial charge in [0, 0.05) is 6.54 Å². The number of unbranched alkanes of at least 4 members (excludes halogenated alkanes) is 1. The second-order valence-corrected chi connectivity index (χ2v) is 6.98. The van der Waals surface area contributed by atoms with E-state index in [2.05, 4.69) is 10.3 Å². The van der Waals surface area contributed by atoms with E-state index >= 15 is 0 Å². The van der Waals surface area contributed by atoms with Gasteiger partial charge in [-0.05, 0) is 30.7 Å². The normalized spacial score (nSPS) is 10.9. The summed E-state index contributed by atoms with van der Waals surface area (Å²) >= 11 is 1.18. The van der Waals surface area contributed by atoms with Crippen LogP contribution in [0.25, 0.3) is 10.9 Å². The van der Waals surface area contributed by atoms with E-state index in [9.17, 15) is 14.0 Å². The molecule has 0 atom stereocenters. The van der Waals surface area contributed by atoms with Gasteiger partial charge in [-0.1, -0.05) is 49.4 Å². The van der Waals surface area contributed by atoms with Gasteiger partial charge in [0.05, 0.1) is 22.3 Å². The molecule has 0 fully saturated rings. The topological polar surface area (TPSA) is 64.0 Å². The number of hydrogen-bond donors (Lipinski definition) is 1. The number of thioether (sulfide) groups is 1. The standard InChI is InChI=1S/C20H20FN3O2S/c1-2-3-12-24-19(26)14-8-4-6-10-16(14)23-20(24)27-13-18(25)22-17-11-7-5-9-15(17)21/h4-11H,2-3,12-13H2,1H3,(H,22,25). The first-order chi connectivity index (χ1) is 13.1. The molecule has 27 heavy (non-hydrogen) atoms. The molecule has 1 aromatic heterocycles. The summed E-state index contributed by atoms with van der Waals surface area (Å²) in [6.45, 7) is 2.60. The van der Waals surface area contributed by atoms with Crippen LogP contribution in [0.5, 0.6) is 0 Å². The molecule has 0 aliphatic heterocycles. The van der Waals surface area contributed by atoms with Gasteiger partial charge in [0.25, 0.3) is 5.56 Å². The number of carbonyl (C=O) groups excluding carboxylic acids is 1. The number of hydrogen-bond acceptors (Lipinski definition) is 4. The molecule has 1 heterocycles. The molecule has 0 unspecified atom stereocenters. The van der Waals surface area contributed by atoms with Gasteiger partial charge < -0.3 is 5.32 Å². The zero-order valence-electron chi connectivity index (χ0n) is 14.9. The Balaban J connectivity index is 1.81. The number of para-hydroxylation sites is 2. The van der Waals surface area contributed by atoms with Crippen molar-refractivity contribution in [1.82, 2.24) is 9.55 Å². The third-order valence-corrected chi connectivity index (χ3v) is 5.02. The van der Waals surface area contributed by atoms with Crippen molar-refractivity contribution in [2.75, 3.05) is 11.1 Å². The second-order valence-electron chi connectivity index (χ2n) is 6.04. The van der Waals surface area contributed by atoms with E-state index in [1.807, 2.05) is 19.1 Å². The average molecular weight is 385 g/mol. The van der Waals surface area contributed by atoms with Crippen molar-refractivity contribution in [3.05, 3.63) is 64.7 Å². The molecule has 140 valence electrons. The van der Waals surface area contributed by atoms with Crippen LogP contribution in [0.2, 0.25) is 0 Å². The Bertz CT molecular complexity index is 1020. The van der Waals surface area contributed by atoms with Gasteiger partial charge in [-0.15, -0.1) is 0 Å². The molecule has 5 nitrogen and oxygen atoms in total. The highest BCUT2D eigenvalue weighted by Gasteiger charge is 2.13. The van der Waals surface area contributed by atoms with Crippen molar-refractivity contribution in [3.8, 4) is 0 Å². The number of amides is 1. The summed E-state index contributed by atoms with van der Waals surface area (Å²) in [5.74, 6) is -0.806. The number of aromatic nitrogens is 2. The summed E-state index contributed by atoms with van der Waals surface area (Å²) < 4.78 is 15.3. The quantitative estimate of drug-likeness (QED) is 0.492. The molecule has 0 radical (unpaired) electrons. The minimum absolute atomic E-state index is 0.0330. The van der Waals surface area contributed by atoms with E-state index in [1.165, 1.54) is 23.9 Å². The zero-order valence-corrected chi connectivity index (χ0v) is 15.8. The van der Waals surface area contributed by atoms with Crippen molar-refractivity contribution in [1.29, 1.82) is 0 Å². The van der Waals surface area contributed by atoms with Crippen LogP contribution in [-0.2, 0) is 11.3 Å². The van der Waals surface area contributed by atoms with Crippen molar-refractivity contribution in [2.45, 2.75) is 31.5 Å². The van der Waals surface area contributed by atoms with Gasteiger partial charge in [0.15, 0.2) is 5.16 Å². The lowest BCUT2D eigenvalue weighted by Crippen LogP contribution is -2.24. The molecule has 0 saturated heterocycles. The molecule has 2 aromatic carbocycles. The molecule has 1 amide bonds. The van der Waals surface area contributed by atoms with Crippen molar-refractivity contribution in [3.63, 3.8) is 0 Å². The van der Waals surface area contributed by atoms with Crippen LogP contribution in [-0.4, -0.2) is 21.2 Å². The summed E-state index contributed by atoms with van der Waals surface area (Å²) in [5.41, 5.74) is 0.635. The number of benzene rings is 2. The average Bonchev–Trinajstić information content (AvgIpc) is 2.68. The second kappa shape index (κ2) is 8.81. The number of nitrogens with zero attached hydrogens (tertiary/aromatic N) is 2. The first-order valence-electron chi connectivity index (χ1n) is 8.77. The Morgan fingerprint density at radius 1 is 1.19 bits per heavy atom. The highest BCUT2D eigenvalue weighted by atomic mass is 32.2. The lowest BCUT2D eigenvalue weighted by molar-refractivity contribution is -0.113. The third-order valence-electron chi connectivity index (χ3n) is 4.04. The first kappa shape index (κ1) is 19.1. The number of nitrogens with one attached hydrogen (secondary N) is 1. The van der Waals surface area contributed by atoms with Crippen molar-refractivity contribution >= 4 is 34.3 Å². The molecule has 3 rings (SSSR count). The van der Waals surface area contributed by atoms with Crippen LogP contribution in [0.15, 0.2) is 58.5 Å². The van der Waals surface area contributed by atoms with E-state index < -0.39 is 5.82 Å². The minimum Gasteiger partial charge on any atom is -0.323 e. The summed E-state index contributed by atoms with van der Waals surface area (Å²) in [5, 5.41) is 3.60. The number of rotatable bonds is 7. The fourth-order valence-electron chi connectivity index (χ4n) is 2.65. The van der Waals surface area contributed by atoms with Crippen LogP contribution >= 0.6 is 11.8 Å². The van der Waals surface area contributed by atoms with E-state index in [1.54, 1.807) is 28.8 Å². The Morgan fingerprint density at radius 3 is 2.70 bits per heavy atom. The van der Waals surface area contributed by atoms with E-state index in [0.29, 0.717) is 22.6 Å². The van der Waals surface area contributed by atoms with Crippen molar-refractivity contribution < 1.29 is 9.18 Å². The fraction of sp³-hybridized carbons (Fsp3) is 0.250. The van der Waals surface area contributed by atoms with E-state index in [0.717, 1.165) is 12.8 Å². The fourth-order valence-corrected chi connectivity index (χ4v) is 3.48. The maximum Gasteiger partial charge on any atom is 0.262 e. The highest BCUT2D eigenvalue weighted by molar-refractivity contribution is 7.99. The number of anilines is 1. The Hall–Kier alpha value is -2.67. The van der Waals surface area contributed by atoms with E-state index in [4.69, 9.17) is 0 Å². The Labute approximate surface area is 160 Å². The van der Waals surface area contributed by atoms with Crippen LogP contribution in [0.3, 0.4) is 0 Å². The predicted molar refractivity (Wildman–Crippen MR) is 107 cm³/mol. The highest BCUT2D eigenvalue weighted by Crippen LogP contribution is 2.19. The molecule has 1 N–H and O–H groups in total. The van der Waals surface area contributed by atoms with Crippen LogP contribution in [0.4, 0.5) is 10.1 Å². The molecule has 0 aliphatic carbocycles. The monoisotopic (exact) mass is 385 g/mol. The van der Waals surface area contributed by atoms with Gasteiger partial charge in [-0.3, -0.25) is 14.2 Å². The Kier molecular flexibility index (Phi) is 6.24. The molecule has 3 aromatic rings. The van der Waals surface area contributed by atoms with Crippen LogP contribution < -0.4 is 10.9 Å². The SMILES string of the molecule is CCCCn1c(SCC(=O)Nc2ccccc2F)nc2ccccc2c1=O. The third kappa shape index (κ3) is 4.54. The number of halogens is 1. The lowest BCUT2D eigenvalue weighted by atomic mass is 10.2. The van der Waals surface area contributed by atoms with Gasteiger partial charge in [-0.25, -0.2) is 9.37 Å². The van der Waals surface area contributed by atoms with Gasteiger partial charge in [0.1, 0.15) is 5.82 Å². The molecule has 7 heteroatoms. The number of fused-ring (bicyclic) bond motifs is 1. The van der Waals surface area contributed by atoms with Crippen LogP contribution in [0, 0.1) is 5.82 Å². The maximum atomic E-state index is 13.7. The van der Waals surface area contributed by atoms with E-state index in [-0.39, 0.29) is 22.9 Å². The maximum absolute atomic E-state index is 13.7. The van der Waals surface area contributed by atoms with Gasteiger partial charge >= 0.3 is 0 Å². The number of carbonyl (C=O) groups is 1. The zero-order chi connectivity index (χ0) is 19.2. The summed E-state index contributed by atoms with van der Waals surface area (Å²) in [6, 6.07) is 13.2. The van der Waals surface area contributed by atoms with Gasteiger partial charge in [-0.2, -0.15) is 0 Å². The minimum atomic E-state index is -0.487. The molecule has 0 spiro atoms. The summed E-state index contributed by atoms with van der Waals surface area (Å²) in [7, 11) is 0. The molecule has 0 saturated carbocycles. The van der Waals surface area contributed by atoms with Gasteiger partial charge in [0.2, 0.25) is 5.91 Å². The molecular formula is C20H20FN3O2S. The Morgan fingerprint density at radius 2 is 1.93 bits per heavy atom. The smallest absolute Gasteiger partial charge is 0.262 e. The summed E-state index contributed by atoms with van der Waals surface area (Å²) in [4.78, 5) is 29.6. The van der Waals surface area contributed by atoms with Crippen molar-refractivity contribution in [2.24, 2.45) is 0 Å². The molecular weight excluding hydrogens is 365 g/mol. The predicted octanol–water partition coefficient (Wildman–Crippen LogP) is 4.07.